The molecular formula is C15H16N4O3. The van der Waals surface area contributed by atoms with E-state index in [0.29, 0.717) is 17.1 Å². The molecule has 0 unspecified atom stereocenters. The number of amides is 3. The molecule has 0 radical (unpaired) electrons. The molecule has 4 N–H and O–H groups in total. The van der Waals surface area contributed by atoms with Crippen molar-refractivity contribution in [1.82, 2.24) is 4.98 Å². The zero-order valence-corrected chi connectivity index (χ0v) is 12.2. The van der Waals surface area contributed by atoms with Gasteiger partial charge in [-0.1, -0.05) is 17.7 Å². The van der Waals surface area contributed by atoms with Crippen LogP contribution in [0.4, 0.5) is 21.0 Å². The number of hydrogen-bond donors (Lipinski definition) is 3. The van der Waals surface area contributed by atoms with Gasteiger partial charge in [-0.05, 0) is 32.0 Å². The number of rotatable bonds is 3. The summed E-state index contributed by atoms with van der Waals surface area (Å²) in [7, 11) is 0. The van der Waals surface area contributed by atoms with E-state index in [2.05, 4.69) is 20.4 Å². The van der Waals surface area contributed by atoms with E-state index in [1.807, 2.05) is 31.2 Å². The predicted molar refractivity (Wildman–Crippen MR) is 83.0 cm³/mol. The molecule has 0 saturated heterocycles. The number of ether oxygens (including phenoxy) is 1. The van der Waals surface area contributed by atoms with Crippen LogP contribution in [0.5, 0.6) is 5.88 Å². The van der Waals surface area contributed by atoms with Crippen LogP contribution in [0.3, 0.4) is 0 Å². The summed E-state index contributed by atoms with van der Waals surface area (Å²) in [5.74, 6) is 0.0782. The van der Waals surface area contributed by atoms with E-state index in [1.165, 1.54) is 6.07 Å². The first-order valence-corrected chi connectivity index (χ1v) is 6.53. The smallest absolute Gasteiger partial charge is 0.391 e. The standard InChI is InChI=1S/C15H16N4O3/c1-9-3-5-11(6-4-9)18-15(21)19-12-7-8-13(17-10(12)2)22-14(16)20/h3-8H,1-2H3,(H2,16,20)(H2,18,19,21). The van der Waals surface area contributed by atoms with E-state index in [1.54, 1.807) is 13.0 Å². The Balaban J connectivity index is 2.02. The van der Waals surface area contributed by atoms with E-state index in [9.17, 15) is 9.59 Å². The minimum Gasteiger partial charge on any atom is -0.391 e. The molecule has 7 nitrogen and oxygen atoms in total. The summed E-state index contributed by atoms with van der Waals surface area (Å²) in [6.07, 6.45) is -0.940. The Morgan fingerprint density at radius 2 is 1.73 bits per heavy atom. The van der Waals surface area contributed by atoms with Crippen molar-refractivity contribution in [3.05, 3.63) is 47.7 Å². The maximum absolute atomic E-state index is 11.9. The predicted octanol–water partition coefficient (Wildman–Crippen LogP) is 2.80. The highest BCUT2D eigenvalue weighted by atomic mass is 16.6. The Labute approximate surface area is 127 Å². The number of anilines is 2. The van der Waals surface area contributed by atoms with Gasteiger partial charge in [-0.25, -0.2) is 14.6 Å². The van der Waals surface area contributed by atoms with Crippen LogP contribution in [0.25, 0.3) is 0 Å². The molecule has 1 aromatic heterocycles. The van der Waals surface area contributed by atoms with Gasteiger partial charge in [-0.15, -0.1) is 0 Å². The van der Waals surface area contributed by atoms with Gasteiger partial charge in [0, 0.05) is 11.8 Å². The molecule has 114 valence electrons. The van der Waals surface area contributed by atoms with E-state index in [4.69, 9.17) is 5.73 Å². The van der Waals surface area contributed by atoms with Crippen molar-refractivity contribution in [2.45, 2.75) is 13.8 Å². The van der Waals surface area contributed by atoms with E-state index in [-0.39, 0.29) is 5.88 Å². The second-order valence-corrected chi connectivity index (χ2v) is 4.65. The lowest BCUT2D eigenvalue weighted by molar-refractivity contribution is 0.209. The lowest BCUT2D eigenvalue weighted by Gasteiger charge is -2.10. The number of nitrogens with one attached hydrogen (secondary N) is 2. The first-order chi connectivity index (χ1) is 10.4. The third-order valence-corrected chi connectivity index (χ3v) is 2.82. The molecule has 7 heteroatoms. The van der Waals surface area contributed by atoms with Crippen LogP contribution < -0.4 is 21.1 Å². The number of nitrogens with zero attached hydrogens (tertiary/aromatic N) is 1. The number of pyridine rings is 1. The summed E-state index contributed by atoms with van der Waals surface area (Å²) < 4.78 is 4.66. The quantitative estimate of drug-likeness (QED) is 0.810. The molecule has 1 heterocycles. The summed E-state index contributed by atoms with van der Waals surface area (Å²) in [5.41, 5.74) is 7.70. The van der Waals surface area contributed by atoms with Gasteiger partial charge in [-0.3, -0.25) is 0 Å². The monoisotopic (exact) mass is 300 g/mol. The van der Waals surface area contributed by atoms with Crippen LogP contribution in [0.1, 0.15) is 11.3 Å². The number of nitrogens with two attached hydrogens (primary N) is 1. The number of primary amides is 1. The molecule has 0 aliphatic heterocycles. The molecule has 0 bridgehead atoms. The van der Waals surface area contributed by atoms with Crippen molar-refractivity contribution in [3.63, 3.8) is 0 Å². The van der Waals surface area contributed by atoms with Gasteiger partial charge in [0.25, 0.3) is 0 Å². The van der Waals surface area contributed by atoms with Crippen molar-refractivity contribution >= 4 is 23.5 Å². The minimum absolute atomic E-state index is 0.0782. The zero-order chi connectivity index (χ0) is 16.1. The lowest BCUT2D eigenvalue weighted by atomic mass is 10.2. The Morgan fingerprint density at radius 1 is 1.05 bits per heavy atom. The molecule has 1 aromatic carbocycles. The number of aromatic nitrogens is 1. The molecular weight excluding hydrogens is 284 g/mol. The van der Waals surface area contributed by atoms with Gasteiger partial charge in [-0.2, -0.15) is 0 Å². The van der Waals surface area contributed by atoms with Crippen molar-refractivity contribution in [1.29, 1.82) is 0 Å². The fourth-order valence-corrected chi connectivity index (χ4v) is 1.75. The van der Waals surface area contributed by atoms with Crippen LogP contribution in [0.15, 0.2) is 36.4 Å². The third kappa shape index (κ3) is 4.20. The second-order valence-electron chi connectivity index (χ2n) is 4.65. The number of hydrogen-bond acceptors (Lipinski definition) is 4. The molecule has 0 spiro atoms. The van der Waals surface area contributed by atoms with Gasteiger partial charge in [0.2, 0.25) is 5.88 Å². The molecule has 0 aliphatic carbocycles. The highest BCUT2D eigenvalue weighted by Gasteiger charge is 2.08. The summed E-state index contributed by atoms with van der Waals surface area (Å²) in [6.45, 7) is 3.64. The first-order valence-electron chi connectivity index (χ1n) is 6.53. The maximum Gasteiger partial charge on any atom is 0.411 e. The van der Waals surface area contributed by atoms with Gasteiger partial charge >= 0.3 is 12.1 Å². The van der Waals surface area contributed by atoms with Crippen molar-refractivity contribution in [2.75, 3.05) is 10.6 Å². The average molecular weight is 300 g/mol. The van der Waals surface area contributed by atoms with E-state index < -0.39 is 12.1 Å². The van der Waals surface area contributed by atoms with Crippen LogP contribution in [-0.4, -0.2) is 17.1 Å². The Bertz CT molecular complexity index is 698. The van der Waals surface area contributed by atoms with Gasteiger partial charge in [0.1, 0.15) is 0 Å². The molecule has 2 rings (SSSR count). The molecule has 0 aliphatic rings. The number of benzene rings is 1. The molecule has 3 amide bonds. The summed E-state index contributed by atoms with van der Waals surface area (Å²) in [5, 5.41) is 5.38. The molecule has 0 fully saturated rings. The highest BCUT2D eigenvalue weighted by Crippen LogP contribution is 2.17. The largest absolute Gasteiger partial charge is 0.411 e. The molecule has 22 heavy (non-hydrogen) atoms. The molecule has 0 saturated carbocycles. The average Bonchev–Trinajstić information content (AvgIpc) is 2.44. The first kappa shape index (κ1) is 15.3. The topological polar surface area (TPSA) is 106 Å². The summed E-state index contributed by atoms with van der Waals surface area (Å²) >= 11 is 0. The number of carbonyl (C=O) groups is 2. The maximum atomic E-state index is 11.9. The van der Waals surface area contributed by atoms with Gasteiger partial charge in [0.05, 0.1) is 11.4 Å². The highest BCUT2D eigenvalue weighted by molar-refractivity contribution is 6.00. The van der Waals surface area contributed by atoms with Crippen LogP contribution in [0.2, 0.25) is 0 Å². The minimum atomic E-state index is -0.940. The summed E-state index contributed by atoms with van der Waals surface area (Å²) in [4.78, 5) is 26.6. The number of carbonyl (C=O) groups excluding carboxylic acids is 2. The van der Waals surface area contributed by atoms with Crippen molar-refractivity contribution < 1.29 is 14.3 Å². The van der Waals surface area contributed by atoms with Gasteiger partial charge < -0.3 is 21.1 Å². The second kappa shape index (κ2) is 6.57. The number of urea groups is 1. The van der Waals surface area contributed by atoms with E-state index in [0.717, 1.165) is 5.56 Å². The van der Waals surface area contributed by atoms with Crippen LogP contribution >= 0.6 is 0 Å². The fraction of sp³-hybridized carbons (Fsp3) is 0.133. The molecule has 0 atom stereocenters. The Morgan fingerprint density at radius 3 is 2.32 bits per heavy atom. The Kier molecular flexibility index (Phi) is 4.57. The van der Waals surface area contributed by atoms with Crippen LogP contribution in [-0.2, 0) is 0 Å². The number of aryl methyl sites for hydroxylation is 2. The SMILES string of the molecule is Cc1ccc(NC(=O)Nc2ccc(OC(N)=O)nc2C)cc1. The Hall–Kier alpha value is -3.09. The molecule has 2 aromatic rings. The zero-order valence-electron chi connectivity index (χ0n) is 12.2. The van der Waals surface area contributed by atoms with E-state index >= 15 is 0 Å². The third-order valence-electron chi connectivity index (χ3n) is 2.82. The fourth-order valence-electron chi connectivity index (χ4n) is 1.75. The normalized spacial score (nSPS) is 9.91. The lowest BCUT2D eigenvalue weighted by Crippen LogP contribution is -2.20. The summed E-state index contributed by atoms with van der Waals surface area (Å²) in [6, 6.07) is 10.1. The van der Waals surface area contributed by atoms with Crippen molar-refractivity contribution in [2.24, 2.45) is 5.73 Å². The van der Waals surface area contributed by atoms with Crippen molar-refractivity contribution in [3.8, 4) is 5.88 Å². The van der Waals surface area contributed by atoms with Gasteiger partial charge in [0.15, 0.2) is 0 Å². The van der Waals surface area contributed by atoms with Crippen LogP contribution in [0, 0.1) is 13.8 Å².